The second kappa shape index (κ2) is 4.98. The molecule has 1 aliphatic heterocycles. The van der Waals surface area contributed by atoms with Crippen LogP contribution in [-0.2, 0) is 4.79 Å². The van der Waals surface area contributed by atoms with Crippen LogP contribution in [0.3, 0.4) is 0 Å². The summed E-state index contributed by atoms with van der Waals surface area (Å²) >= 11 is 6.74. The molecule has 1 heterocycles. The molecule has 0 radical (unpaired) electrons. The van der Waals surface area contributed by atoms with Gasteiger partial charge in [-0.1, -0.05) is 44.0 Å². The lowest BCUT2D eigenvalue weighted by Gasteiger charge is -2.26. The van der Waals surface area contributed by atoms with Gasteiger partial charge in [0.15, 0.2) is 0 Å². The molecule has 2 aromatic rings. The van der Waals surface area contributed by atoms with E-state index in [0.29, 0.717) is 11.4 Å². The van der Waals surface area contributed by atoms with Gasteiger partial charge in [-0.3, -0.25) is 4.79 Å². The standard InChI is InChI=1S/C14H9Br2NO2/c15-9-3-1-8(2-4-9)13-14(18)17-11-7-10(16)5-6-12(11)19-13/h1-7,13H,(H,17,18). The van der Waals surface area contributed by atoms with Crippen LogP contribution in [0.2, 0.25) is 0 Å². The quantitative estimate of drug-likeness (QED) is 0.799. The van der Waals surface area contributed by atoms with Gasteiger partial charge in [0.25, 0.3) is 5.91 Å². The van der Waals surface area contributed by atoms with Crippen molar-refractivity contribution in [3.8, 4) is 5.75 Å². The zero-order valence-electron chi connectivity index (χ0n) is 9.69. The average Bonchev–Trinajstić information content (AvgIpc) is 2.39. The topological polar surface area (TPSA) is 38.3 Å². The predicted octanol–water partition coefficient (Wildman–Crippen LogP) is 4.28. The van der Waals surface area contributed by atoms with E-state index < -0.39 is 6.10 Å². The molecule has 1 aliphatic rings. The first-order chi connectivity index (χ1) is 9.13. The molecule has 0 bridgehead atoms. The molecule has 1 atom stereocenters. The number of ether oxygens (including phenoxy) is 1. The van der Waals surface area contributed by atoms with E-state index in [4.69, 9.17) is 4.74 Å². The number of fused-ring (bicyclic) bond motifs is 1. The first kappa shape index (κ1) is 12.7. The Morgan fingerprint density at radius 3 is 2.42 bits per heavy atom. The first-order valence-corrected chi connectivity index (χ1v) is 7.24. The number of rotatable bonds is 1. The summed E-state index contributed by atoms with van der Waals surface area (Å²) in [5, 5.41) is 2.86. The molecule has 0 saturated heterocycles. The molecule has 19 heavy (non-hydrogen) atoms. The van der Waals surface area contributed by atoms with Gasteiger partial charge < -0.3 is 10.1 Å². The summed E-state index contributed by atoms with van der Waals surface area (Å²) < 4.78 is 7.65. The molecular formula is C14H9Br2NO2. The Balaban J connectivity index is 1.95. The minimum Gasteiger partial charge on any atom is -0.474 e. The van der Waals surface area contributed by atoms with Crippen molar-refractivity contribution >= 4 is 43.5 Å². The van der Waals surface area contributed by atoms with E-state index in [-0.39, 0.29) is 5.91 Å². The SMILES string of the molecule is O=C1Nc2cc(Br)ccc2OC1c1ccc(Br)cc1. The number of nitrogens with one attached hydrogen (secondary N) is 1. The highest BCUT2D eigenvalue weighted by Gasteiger charge is 2.29. The summed E-state index contributed by atoms with van der Waals surface area (Å²) in [5.41, 5.74) is 1.52. The van der Waals surface area contributed by atoms with Crippen LogP contribution in [-0.4, -0.2) is 5.91 Å². The van der Waals surface area contributed by atoms with Gasteiger partial charge in [0.05, 0.1) is 5.69 Å². The number of anilines is 1. The van der Waals surface area contributed by atoms with Crippen LogP contribution >= 0.6 is 31.9 Å². The number of hydrogen-bond donors (Lipinski definition) is 1. The molecule has 96 valence electrons. The van der Waals surface area contributed by atoms with Crippen molar-refractivity contribution in [2.45, 2.75) is 6.10 Å². The molecule has 3 nitrogen and oxygen atoms in total. The third-order valence-corrected chi connectivity index (χ3v) is 3.88. The fourth-order valence-electron chi connectivity index (χ4n) is 1.94. The Hall–Kier alpha value is -1.33. The maximum absolute atomic E-state index is 12.1. The molecule has 5 heteroatoms. The van der Waals surface area contributed by atoms with Gasteiger partial charge in [-0.05, 0) is 30.3 Å². The minimum atomic E-state index is -0.609. The zero-order valence-corrected chi connectivity index (χ0v) is 12.9. The van der Waals surface area contributed by atoms with Gasteiger partial charge in [-0.2, -0.15) is 0 Å². The number of carbonyl (C=O) groups excluding carboxylic acids is 1. The number of hydrogen-bond acceptors (Lipinski definition) is 2. The molecule has 3 rings (SSSR count). The van der Waals surface area contributed by atoms with Gasteiger partial charge in [0.1, 0.15) is 5.75 Å². The predicted molar refractivity (Wildman–Crippen MR) is 80.3 cm³/mol. The number of amides is 1. The maximum atomic E-state index is 12.1. The molecule has 1 N–H and O–H groups in total. The van der Waals surface area contributed by atoms with Gasteiger partial charge in [-0.15, -0.1) is 0 Å². The van der Waals surface area contributed by atoms with Crippen molar-refractivity contribution in [3.63, 3.8) is 0 Å². The fourth-order valence-corrected chi connectivity index (χ4v) is 2.56. The largest absolute Gasteiger partial charge is 0.474 e. The molecule has 0 aliphatic carbocycles. The average molecular weight is 383 g/mol. The van der Waals surface area contributed by atoms with Crippen molar-refractivity contribution in [2.24, 2.45) is 0 Å². The highest BCUT2D eigenvalue weighted by atomic mass is 79.9. The zero-order chi connectivity index (χ0) is 13.4. The Kier molecular flexibility index (Phi) is 3.33. The molecule has 0 aromatic heterocycles. The van der Waals surface area contributed by atoms with Gasteiger partial charge in [0, 0.05) is 14.5 Å². The number of halogens is 2. The smallest absolute Gasteiger partial charge is 0.270 e. The molecule has 0 saturated carbocycles. The lowest BCUT2D eigenvalue weighted by atomic mass is 10.1. The Labute approximate surface area is 127 Å². The van der Waals surface area contributed by atoms with E-state index in [2.05, 4.69) is 37.2 Å². The molecule has 2 aromatic carbocycles. The lowest BCUT2D eigenvalue weighted by Crippen LogP contribution is -2.30. The summed E-state index contributed by atoms with van der Waals surface area (Å²) in [5.74, 6) is 0.517. The van der Waals surface area contributed by atoms with E-state index in [1.165, 1.54) is 0 Å². The van der Waals surface area contributed by atoms with Crippen molar-refractivity contribution in [2.75, 3.05) is 5.32 Å². The van der Waals surface area contributed by atoms with Crippen molar-refractivity contribution in [1.82, 2.24) is 0 Å². The van der Waals surface area contributed by atoms with E-state index in [0.717, 1.165) is 14.5 Å². The van der Waals surface area contributed by atoms with Gasteiger partial charge >= 0.3 is 0 Å². The minimum absolute atomic E-state index is 0.159. The normalized spacial score (nSPS) is 17.4. The maximum Gasteiger partial charge on any atom is 0.270 e. The Morgan fingerprint density at radius 1 is 1.00 bits per heavy atom. The molecule has 1 unspecified atom stereocenters. The Bertz CT molecular complexity index is 640. The van der Waals surface area contributed by atoms with Crippen LogP contribution in [0.1, 0.15) is 11.7 Å². The highest BCUT2D eigenvalue weighted by Crippen LogP contribution is 2.36. The molecule has 1 amide bonds. The molecule has 0 spiro atoms. The highest BCUT2D eigenvalue weighted by molar-refractivity contribution is 9.10. The lowest BCUT2D eigenvalue weighted by molar-refractivity contribution is -0.123. The number of benzene rings is 2. The van der Waals surface area contributed by atoms with Crippen LogP contribution in [0.4, 0.5) is 5.69 Å². The van der Waals surface area contributed by atoms with E-state index in [1.807, 2.05) is 42.5 Å². The monoisotopic (exact) mass is 381 g/mol. The van der Waals surface area contributed by atoms with Gasteiger partial charge in [0.2, 0.25) is 6.10 Å². The van der Waals surface area contributed by atoms with Crippen molar-refractivity contribution < 1.29 is 9.53 Å². The Morgan fingerprint density at radius 2 is 1.68 bits per heavy atom. The van der Waals surface area contributed by atoms with E-state index >= 15 is 0 Å². The van der Waals surface area contributed by atoms with Crippen LogP contribution in [0.15, 0.2) is 51.4 Å². The summed E-state index contributed by atoms with van der Waals surface area (Å²) in [6.07, 6.45) is -0.609. The fraction of sp³-hybridized carbons (Fsp3) is 0.0714. The molecular weight excluding hydrogens is 374 g/mol. The second-order valence-electron chi connectivity index (χ2n) is 4.18. The third kappa shape index (κ3) is 2.53. The summed E-state index contributed by atoms with van der Waals surface area (Å²) in [6, 6.07) is 13.1. The van der Waals surface area contributed by atoms with Crippen molar-refractivity contribution in [3.05, 3.63) is 57.0 Å². The molecule has 0 fully saturated rings. The summed E-state index contributed by atoms with van der Waals surface area (Å²) in [7, 11) is 0. The first-order valence-electron chi connectivity index (χ1n) is 5.66. The van der Waals surface area contributed by atoms with Crippen LogP contribution in [0, 0.1) is 0 Å². The summed E-state index contributed by atoms with van der Waals surface area (Å²) in [4.78, 5) is 12.1. The van der Waals surface area contributed by atoms with E-state index in [1.54, 1.807) is 0 Å². The van der Waals surface area contributed by atoms with Crippen LogP contribution in [0.25, 0.3) is 0 Å². The van der Waals surface area contributed by atoms with Crippen molar-refractivity contribution in [1.29, 1.82) is 0 Å². The van der Waals surface area contributed by atoms with Gasteiger partial charge in [-0.25, -0.2) is 0 Å². The van der Waals surface area contributed by atoms with E-state index in [9.17, 15) is 4.79 Å². The van der Waals surface area contributed by atoms with Crippen LogP contribution in [0.5, 0.6) is 5.75 Å². The van der Waals surface area contributed by atoms with Crippen LogP contribution < -0.4 is 10.1 Å². The third-order valence-electron chi connectivity index (χ3n) is 2.86. The summed E-state index contributed by atoms with van der Waals surface area (Å²) in [6.45, 7) is 0. The number of carbonyl (C=O) groups is 1. The second-order valence-corrected chi connectivity index (χ2v) is 6.01.